The van der Waals surface area contributed by atoms with Gasteiger partial charge >= 0.3 is 0 Å². The predicted molar refractivity (Wildman–Crippen MR) is 54.6 cm³/mol. The molecule has 1 aliphatic heterocycles. The molecule has 0 saturated carbocycles. The number of aromatic nitrogens is 2. The van der Waals surface area contributed by atoms with Gasteiger partial charge in [-0.25, -0.2) is 0 Å². The highest BCUT2D eigenvalue weighted by atomic mass is 16.1. The van der Waals surface area contributed by atoms with Gasteiger partial charge in [-0.1, -0.05) is 12.1 Å². The van der Waals surface area contributed by atoms with Crippen LogP contribution in [0.3, 0.4) is 0 Å². The standard InChI is InChI=1S/C11H8N2O/c14-10-6-3-4-8-11(10)9-5-1-2-7-13(9)12-8/h1-7,12H. The van der Waals surface area contributed by atoms with Gasteiger partial charge in [-0.05, 0) is 24.3 Å². The molecule has 0 spiro atoms. The van der Waals surface area contributed by atoms with Crippen molar-refractivity contribution in [3.8, 4) is 11.3 Å². The van der Waals surface area contributed by atoms with E-state index in [4.69, 9.17) is 0 Å². The van der Waals surface area contributed by atoms with Gasteiger partial charge in [0, 0.05) is 6.20 Å². The van der Waals surface area contributed by atoms with Crippen LogP contribution in [-0.2, 0) is 0 Å². The summed E-state index contributed by atoms with van der Waals surface area (Å²) in [6.07, 6.45) is 1.90. The summed E-state index contributed by atoms with van der Waals surface area (Å²) < 4.78 is 1.85. The smallest absolute Gasteiger partial charge is 0.190 e. The molecule has 1 aromatic rings. The Bertz CT molecular complexity index is 621. The molecule has 0 unspecified atom stereocenters. The van der Waals surface area contributed by atoms with E-state index in [9.17, 15) is 4.79 Å². The van der Waals surface area contributed by atoms with Crippen molar-refractivity contribution in [1.29, 1.82) is 0 Å². The molecular formula is C11H8N2O. The Labute approximate surface area is 79.9 Å². The third-order valence-corrected chi connectivity index (χ3v) is 2.38. The lowest BCUT2D eigenvalue weighted by molar-refractivity contribution is 0.969. The summed E-state index contributed by atoms with van der Waals surface area (Å²) in [6.45, 7) is 0. The number of aromatic amines is 1. The Morgan fingerprint density at radius 3 is 2.93 bits per heavy atom. The van der Waals surface area contributed by atoms with Crippen LogP contribution in [0.1, 0.15) is 0 Å². The van der Waals surface area contributed by atoms with Gasteiger partial charge in [0.1, 0.15) is 0 Å². The van der Waals surface area contributed by atoms with Crippen LogP contribution in [0.5, 0.6) is 0 Å². The fraction of sp³-hybridized carbons (Fsp3) is 0. The van der Waals surface area contributed by atoms with Crippen molar-refractivity contribution in [2.45, 2.75) is 0 Å². The van der Waals surface area contributed by atoms with Crippen molar-refractivity contribution < 1.29 is 0 Å². The van der Waals surface area contributed by atoms with Crippen LogP contribution in [0.15, 0.2) is 47.4 Å². The summed E-state index contributed by atoms with van der Waals surface area (Å²) in [5.74, 6) is 0. The Morgan fingerprint density at radius 2 is 2.00 bits per heavy atom. The highest BCUT2D eigenvalue weighted by Gasteiger charge is 2.11. The van der Waals surface area contributed by atoms with Crippen LogP contribution >= 0.6 is 0 Å². The molecular weight excluding hydrogens is 176 g/mol. The molecule has 3 rings (SSSR count). The minimum Gasteiger partial charge on any atom is -0.294 e. The van der Waals surface area contributed by atoms with E-state index in [0.717, 1.165) is 16.8 Å². The second-order valence-electron chi connectivity index (χ2n) is 3.25. The van der Waals surface area contributed by atoms with Crippen molar-refractivity contribution in [3.63, 3.8) is 0 Å². The zero-order valence-electron chi connectivity index (χ0n) is 7.40. The molecule has 2 aliphatic rings. The molecule has 1 aliphatic carbocycles. The third-order valence-electron chi connectivity index (χ3n) is 2.38. The lowest BCUT2D eigenvalue weighted by Crippen LogP contribution is -2.00. The molecule has 1 N–H and O–H groups in total. The highest BCUT2D eigenvalue weighted by molar-refractivity contribution is 5.79. The maximum atomic E-state index is 11.6. The van der Waals surface area contributed by atoms with Crippen LogP contribution < -0.4 is 5.43 Å². The van der Waals surface area contributed by atoms with Crippen LogP contribution in [0.2, 0.25) is 0 Å². The van der Waals surface area contributed by atoms with Crippen LogP contribution in [0, 0.1) is 0 Å². The average Bonchev–Trinajstić information content (AvgIpc) is 2.57. The minimum atomic E-state index is 0.0625. The van der Waals surface area contributed by atoms with Gasteiger partial charge < -0.3 is 0 Å². The molecule has 0 fully saturated rings. The van der Waals surface area contributed by atoms with Crippen LogP contribution in [-0.4, -0.2) is 9.61 Å². The van der Waals surface area contributed by atoms with E-state index >= 15 is 0 Å². The molecule has 14 heavy (non-hydrogen) atoms. The second kappa shape index (κ2) is 2.48. The number of nitrogens with zero attached hydrogens (tertiary/aromatic N) is 1. The fourth-order valence-corrected chi connectivity index (χ4v) is 1.76. The van der Waals surface area contributed by atoms with Crippen molar-refractivity contribution in [2.75, 3.05) is 0 Å². The number of hydrogen-bond donors (Lipinski definition) is 1. The average molecular weight is 184 g/mol. The summed E-state index contributed by atoms with van der Waals surface area (Å²) in [5.41, 5.74) is 2.62. The maximum absolute atomic E-state index is 11.6. The zero-order chi connectivity index (χ0) is 9.54. The van der Waals surface area contributed by atoms with E-state index in [2.05, 4.69) is 5.10 Å². The minimum absolute atomic E-state index is 0.0625. The SMILES string of the molecule is O=c1cccc2[nH]n3ccccc3c1-2. The number of pyridine rings is 1. The van der Waals surface area contributed by atoms with Crippen molar-refractivity contribution >= 4 is 5.52 Å². The van der Waals surface area contributed by atoms with E-state index in [-0.39, 0.29) is 5.43 Å². The van der Waals surface area contributed by atoms with Crippen LogP contribution in [0.4, 0.5) is 0 Å². The lowest BCUT2D eigenvalue weighted by Gasteiger charge is -1.92. The quantitative estimate of drug-likeness (QED) is 0.567. The molecule has 68 valence electrons. The first-order valence-corrected chi connectivity index (χ1v) is 4.44. The van der Waals surface area contributed by atoms with Crippen molar-refractivity contribution in [3.05, 3.63) is 52.8 Å². The van der Waals surface area contributed by atoms with E-state index in [0.29, 0.717) is 0 Å². The van der Waals surface area contributed by atoms with E-state index < -0.39 is 0 Å². The van der Waals surface area contributed by atoms with E-state index in [1.54, 1.807) is 12.1 Å². The first-order valence-electron chi connectivity index (χ1n) is 4.44. The largest absolute Gasteiger partial charge is 0.294 e. The highest BCUT2D eigenvalue weighted by Crippen LogP contribution is 2.20. The van der Waals surface area contributed by atoms with Crippen molar-refractivity contribution in [2.24, 2.45) is 0 Å². The predicted octanol–water partition coefficient (Wildman–Crippen LogP) is 1.73. The summed E-state index contributed by atoms with van der Waals surface area (Å²) in [7, 11) is 0. The van der Waals surface area contributed by atoms with Crippen molar-refractivity contribution in [1.82, 2.24) is 9.61 Å². The maximum Gasteiger partial charge on any atom is 0.190 e. The molecule has 3 heteroatoms. The topological polar surface area (TPSA) is 37.3 Å². The van der Waals surface area contributed by atoms with Gasteiger partial charge in [0.05, 0.1) is 16.8 Å². The van der Waals surface area contributed by atoms with Gasteiger partial charge in [-0.15, -0.1) is 0 Å². The van der Waals surface area contributed by atoms with E-state index in [1.807, 2.05) is 35.0 Å². The van der Waals surface area contributed by atoms with Gasteiger partial charge in [0.25, 0.3) is 0 Å². The lowest BCUT2D eigenvalue weighted by atomic mass is 10.1. The van der Waals surface area contributed by atoms with Crippen LogP contribution in [0.25, 0.3) is 16.8 Å². The molecule has 0 bridgehead atoms. The number of hydrogen-bond acceptors (Lipinski definition) is 1. The molecule has 0 atom stereocenters. The van der Waals surface area contributed by atoms with Gasteiger partial charge in [-0.2, -0.15) is 0 Å². The number of nitrogens with one attached hydrogen (secondary N) is 1. The molecule has 1 aromatic heterocycles. The summed E-state index contributed by atoms with van der Waals surface area (Å²) in [6, 6.07) is 11.0. The summed E-state index contributed by atoms with van der Waals surface area (Å²) in [5, 5.41) is 3.14. The molecule has 2 heterocycles. The second-order valence-corrected chi connectivity index (χ2v) is 3.25. The molecule has 0 radical (unpaired) electrons. The van der Waals surface area contributed by atoms with E-state index in [1.165, 1.54) is 0 Å². The fourth-order valence-electron chi connectivity index (χ4n) is 1.76. The first kappa shape index (κ1) is 7.38. The molecule has 0 aromatic carbocycles. The summed E-state index contributed by atoms with van der Waals surface area (Å²) in [4.78, 5) is 11.6. The van der Waals surface area contributed by atoms with Gasteiger partial charge in [-0.3, -0.25) is 14.4 Å². The molecule has 0 saturated heterocycles. The number of fused-ring (bicyclic) bond motifs is 3. The van der Waals surface area contributed by atoms with Gasteiger partial charge in [0.15, 0.2) is 5.43 Å². The normalized spacial score (nSPS) is 11.1. The first-order chi connectivity index (χ1) is 6.86. The number of benzene rings is 1. The monoisotopic (exact) mass is 184 g/mol. The zero-order valence-corrected chi connectivity index (χ0v) is 7.40. The Hall–Kier alpha value is -2.03. The van der Waals surface area contributed by atoms with Gasteiger partial charge in [0.2, 0.25) is 0 Å². The summed E-state index contributed by atoms with van der Waals surface area (Å²) >= 11 is 0. The Morgan fingerprint density at radius 1 is 1.07 bits per heavy atom. The third kappa shape index (κ3) is 0.836. The Kier molecular flexibility index (Phi) is 1.31. The molecule has 0 amide bonds. The molecule has 3 nitrogen and oxygen atoms in total. The number of H-pyrrole nitrogens is 1. The number of rotatable bonds is 0. The Balaban J connectivity index is 2.64.